The number of rotatable bonds is 4. The van der Waals surface area contributed by atoms with Crippen LogP contribution in [0, 0.1) is 0 Å². The lowest BCUT2D eigenvalue weighted by Gasteiger charge is -2.31. The van der Waals surface area contributed by atoms with Gasteiger partial charge in [0, 0.05) is 33.2 Å². The highest BCUT2D eigenvalue weighted by Crippen LogP contribution is 2.63. The molecule has 0 bridgehead atoms. The van der Waals surface area contributed by atoms with Gasteiger partial charge in [0.1, 0.15) is 0 Å². The maximum Gasteiger partial charge on any atom is 0.0725 e. The molecular formula is C57H36N2. The summed E-state index contributed by atoms with van der Waals surface area (Å²) in [5.41, 5.74) is 17.1. The van der Waals surface area contributed by atoms with E-state index in [1.807, 2.05) is 0 Å². The van der Waals surface area contributed by atoms with Gasteiger partial charge < -0.3 is 9.47 Å². The van der Waals surface area contributed by atoms with E-state index in [1.165, 1.54) is 87.9 Å². The number of fused-ring (bicyclic) bond motifs is 16. The summed E-state index contributed by atoms with van der Waals surface area (Å²) < 4.78 is 2.42. The van der Waals surface area contributed by atoms with E-state index in [1.54, 1.807) is 0 Å². The second-order valence-corrected chi connectivity index (χ2v) is 16.0. The van der Waals surface area contributed by atoms with Crippen molar-refractivity contribution in [3.05, 3.63) is 241 Å². The zero-order valence-corrected chi connectivity index (χ0v) is 32.2. The van der Waals surface area contributed by atoms with E-state index in [-0.39, 0.29) is 0 Å². The summed E-state index contributed by atoms with van der Waals surface area (Å²) >= 11 is 0. The average Bonchev–Trinajstić information content (AvgIpc) is 3.91. The molecule has 0 atom stereocenters. The van der Waals surface area contributed by atoms with Gasteiger partial charge in [-0.2, -0.15) is 0 Å². The number of nitrogens with zero attached hydrogens (tertiary/aromatic N) is 2. The monoisotopic (exact) mass is 748 g/mol. The molecule has 0 saturated carbocycles. The molecular weight excluding hydrogens is 713 g/mol. The maximum atomic E-state index is 2.51. The van der Waals surface area contributed by atoms with Gasteiger partial charge in [-0.3, -0.25) is 0 Å². The van der Waals surface area contributed by atoms with Crippen molar-refractivity contribution in [1.29, 1.82) is 0 Å². The fourth-order valence-corrected chi connectivity index (χ4v) is 10.8. The number of aromatic nitrogens is 1. The van der Waals surface area contributed by atoms with Crippen LogP contribution in [0.2, 0.25) is 0 Å². The molecule has 0 fully saturated rings. The largest absolute Gasteiger partial charge is 0.310 e. The maximum absolute atomic E-state index is 2.51. The molecule has 1 aromatic heterocycles. The average molecular weight is 749 g/mol. The first kappa shape index (κ1) is 32.4. The molecule has 1 heterocycles. The molecule has 0 radical (unpaired) electrons. The number of hydrogen-bond acceptors (Lipinski definition) is 1. The predicted molar refractivity (Wildman–Crippen MR) is 247 cm³/mol. The highest BCUT2D eigenvalue weighted by Gasteiger charge is 2.51. The van der Waals surface area contributed by atoms with Crippen LogP contribution in [0.15, 0.2) is 218 Å². The van der Waals surface area contributed by atoms with Crippen LogP contribution < -0.4 is 4.90 Å². The van der Waals surface area contributed by atoms with Gasteiger partial charge in [0.15, 0.2) is 0 Å². The Morgan fingerprint density at radius 3 is 1.56 bits per heavy atom. The molecule has 274 valence electrons. The van der Waals surface area contributed by atoms with Crippen molar-refractivity contribution < 1.29 is 0 Å². The Bertz CT molecular complexity index is 3470. The van der Waals surface area contributed by atoms with Gasteiger partial charge in [-0.15, -0.1) is 0 Å². The highest BCUT2D eigenvalue weighted by atomic mass is 15.1. The fraction of sp³-hybridized carbons (Fsp3) is 0.0175. The van der Waals surface area contributed by atoms with E-state index in [2.05, 4.69) is 228 Å². The van der Waals surface area contributed by atoms with E-state index in [0.717, 1.165) is 22.7 Å². The minimum atomic E-state index is -0.395. The van der Waals surface area contributed by atoms with Crippen molar-refractivity contribution in [1.82, 2.24) is 4.57 Å². The summed E-state index contributed by atoms with van der Waals surface area (Å²) in [5.74, 6) is 0. The minimum absolute atomic E-state index is 0.395. The summed E-state index contributed by atoms with van der Waals surface area (Å²) in [6, 6.07) is 81.1. The van der Waals surface area contributed by atoms with Crippen LogP contribution in [0.5, 0.6) is 0 Å². The summed E-state index contributed by atoms with van der Waals surface area (Å²) in [4.78, 5) is 2.51. The molecule has 2 aliphatic carbocycles. The molecule has 11 aromatic rings. The molecule has 0 N–H and O–H groups in total. The van der Waals surface area contributed by atoms with Crippen LogP contribution >= 0.6 is 0 Å². The standard InChI is InChI=1S/C57H36N2/c1-2-17-38(18-3-1)59-54-29-15-11-25-47(54)48-32-30-40(36-56(48)59)58(55-34-37-16-4-5-19-41(37)42-20-6-7-24-46(42)55)39-31-33-53-49(35-39)45-23-10-14-28-52(45)57(53)50-26-12-8-21-43(50)44-22-9-13-27-51(44)57/h1-36H. The van der Waals surface area contributed by atoms with Crippen molar-refractivity contribution in [3.63, 3.8) is 0 Å². The first-order valence-corrected chi connectivity index (χ1v) is 20.5. The quantitative estimate of drug-likeness (QED) is 0.163. The van der Waals surface area contributed by atoms with Crippen molar-refractivity contribution in [2.45, 2.75) is 5.41 Å². The Kier molecular flexibility index (Phi) is 6.68. The second kappa shape index (κ2) is 12.2. The Morgan fingerprint density at radius 1 is 0.322 bits per heavy atom. The van der Waals surface area contributed by atoms with Crippen molar-refractivity contribution in [2.75, 3.05) is 4.90 Å². The van der Waals surface area contributed by atoms with Gasteiger partial charge in [0.25, 0.3) is 0 Å². The van der Waals surface area contributed by atoms with Gasteiger partial charge >= 0.3 is 0 Å². The fourth-order valence-electron chi connectivity index (χ4n) is 10.8. The Hall–Kier alpha value is -7.68. The molecule has 2 aliphatic rings. The summed E-state index contributed by atoms with van der Waals surface area (Å²) in [7, 11) is 0. The Morgan fingerprint density at radius 2 is 0.831 bits per heavy atom. The minimum Gasteiger partial charge on any atom is -0.310 e. The lowest BCUT2D eigenvalue weighted by Crippen LogP contribution is -2.25. The van der Waals surface area contributed by atoms with E-state index in [0.29, 0.717) is 0 Å². The third-order valence-electron chi connectivity index (χ3n) is 13.2. The smallest absolute Gasteiger partial charge is 0.0725 e. The van der Waals surface area contributed by atoms with Crippen LogP contribution in [-0.4, -0.2) is 4.57 Å². The Balaban J connectivity index is 1.12. The summed E-state index contributed by atoms with van der Waals surface area (Å²) in [5, 5.41) is 7.42. The van der Waals surface area contributed by atoms with E-state index >= 15 is 0 Å². The Labute approximate surface area is 342 Å². The van der Waals surface area contributed by atoms with E-state index in [9.17, 15) is 0 Å². The lowest BCUT2D eigenvalue weighted by molar-refractivity contribution is 0.794. The number of benzene rings is 10. The molecule has 10 aromatic carbocycles. The molecule has 1 spiro atoms. The molecule has 0 amide bonds. The van der Waals surface area contributed by atoms with Crippen molar-refractivity contribution in [2.24, 2.45) is 0 Å². The molecule has 13 rings (SSSR count). The summed E-state index contributed by atoms with van der Waals surface area (Å²) in [6.45, 7) is 0. The highest BCUT2D eigenvalue weighted by molar-refractivity contribution is 6.16. The van der Waals surface area contributed by atoms with Gasteiger partial charge in [-0.1, -0.05) is 170 Å². The van der Waals surface area contributed by atoms with Crippen LogP contribution in [0.3, 0.4) is 0 Å². The third kappa shape index (κ3) is 4.35. The lowest BCUT2D eigenvalue weighted by atomic mass is 9.70. The summed E-state index contributed by atoms with van der Waals surface area (Å²) in [6.07, 6.45) is 0. The first-order chi connectivity index (χ1) is 29.3. The molecule has 0 saturated heterocycles. The first-order valence-electron chi connectivity index (χ1n) is 20.5. The third-order valence-corrected chi connectivity index (χ3v) is 13.2. The second-order valence-electron chi connectivity index (χ2n) is 16.0. The normalized spacial score (nSPS) is 13.2. The number of para-hydroxylation sites is 2. The predicted octanol–water partition coefficient (Wildman–Crippen LogP) is 14.9. The molecule has 2 nitrogen and oxygen atoms in total. The molecule has 0 unspecified atom stereocenters. The number of hydrogen-bond donors (Lipinski definition) is 0. The van der Waals surface area contributed by atoms with Crippen LogP contribution in [-0.2, 0) is 5.41 Å². The molecule has 59 heavy (non-hydrogen) atoms. The van der Waals surface area contributed by atoms with Gasteiger partial charge in [-0.25, -0.2) is 0 Å². The number of anilines is 3. The zero-order valence-electron chi connectivity index (χ0n) is 32.2. The van der Waals surface area contributed by atoms with Crippen LogP contribution in [0.1, 0.15) is 22.3 Å². The van der Waals surface area contributed by atoms with E-state index in [4.69, 9.17) is 0 Å². The van der Waals surface area contributed by atoms with Crippen molar-refractivity contribution in [3.8, 4) is 27.9 Å². The molecule has 2 heteroatoms. The van der Waals surface area contributed by atoms with E-state index < -0.39 is 5.41 Å². The van der Waals surface area contributed by atoms with Gasteiger partial charge in [-0.05, 0) is 109 Å². The topological polar surface area (TPSA) is 8.17 Å². The van der Waals surface area contributed by atoms with Crippen LogP contribution in [0.4, 0.5) is 17.1 Å². The zero-order chi connectivity index (χ0) is 38.7. The van der Waals surface area contributed by atoms with Gasteiger partial charge in [0.2, 0.25) is 0 Å². The SMILES string of the molecule is c1ccc(-n2c3ccccc3c3ccc(N(c4ccc5c(c4)-c4ccccc4C54c5ccccc5-c5ccccc54)c4cc5ccccc5c5ccccc45)cc32)cc1. The van der Waals surface area contributed by atoms with Gasteiger partial charge in [0.05, 0.1) is 22.1 Å². The van der Waals surface area contributed by atoms with Crippen molar-refractivity contribution >= 4 is 60.4 Å². The van der Waals surface area contributed by atoms with Crippen LogP contribution in [0.25, 0.3) is 71.3 Å². The molecule has 0 aliphatic heterocycles.